The molecule has 4 nitrogen and oxygen atoms in total. The number of imidazole rings is 1. The van der Waals surface area contributed by atoms with Gasteiger partial charge in [0.15, 0.2) is 0 Å². The van der Waals surface area contributed by atoms with Crippen molar-refractivity contribution < 1.29 is 4.79 Å². The number of nitrogens with one attached hydrogen (secondary N) is 2. The Morgan fingerprint density at radius 1 is 1.29 bits per heavy atom. The predicted molar refractivity (Wildman–Crippen MR) is 67.8 cm³/mol. The van der Waals surface area contributed by atoms with Crippen LogP contribution in [0.4, 0.5) is 5.69 Å². The van der Waals surface area contributed by atoms with E-state index in [2.05, 4.69) is 15.3 Å². The van der Waals surface area contributed by atoms with Crippen LogP contribution in [0.3, 0.4) is 0 Å². The topological polar surface area (TPSA) is 57.8 Å². The Morgan fingerprint density at radius 3 is 2.59 bits per heavy atom. The highest BCUT2D eigenvalue weighted by atomic mass is 16.1. The van der Waals surface area contributed by atoms with Crippen molar-refractivity contribution in [2.24, 2.45) is 0 Å². The molecule has 0 saturated heterocycles. The van der Waals surface area contributed by atoms with Gasteiger partial charge in [-0.2, -0.15) is 0 Å². The number of amides is 1. The summed E-state index contributed by atoms with van der Waals surface area (Å²) in [6, 6.07) is 7.61. The summed E-state index contributed by atoms with van der Waals surface area (Å²) in [7, 11) is 0. The lowest BCUT2D eigenvalue weighted by Gasteiger charge is -2.07. The minimum atomic E-state index is -0.0857. The molecule has 1 heterocycles. The summed E-state index contributed by atoms with van der Waals surface area (Å²) in [5, 5.41) is 2.80. The Morgan fingerprint density at radius 2 is 2.00 bits per heavy atom. The average Bonchev–Trinajstić information content (AvgIpc) is 2.59. The first-order chi connectivity index (χ1) is 8.08. The van der Waals surface area contributed by atoms with Gasteiger partial charge >= 0.3 is 0 Å². The third kappa shape index (κ3) is 2.36. The van der Waals surface area contributed by atoms with E-state index in [1.54, 1.807) is 0 Å². The Labute approximate surface area is 100 Å². The number of aromatic nitrogens is 2. The van der Waals surface area contributed by atoms with E-state index in [9.17, 15) is 4.79 Å². The van der Waals surface area contributed by atoms with E-state index in [0.29, 0.717) is 0 Å². The molecule has 1 amide bonds. The van der Waals surface area contributed by atoms with Gasteiger partial charge in [0.1, 0.15) is 5.82 Å². The summed E-state index contributed by atoms with van der Waals surface area (Å²) in [5.74, 6) is 0.696. The molecule has 1 aromatic heterocycles. The van der Waals surface area contributed by atoms with Crippen LogP contribution in [0, 0.1) is 13.8 Å². The van der Waals surface area contributed by atoms with Crippen molar-refractivity contribution >= 4 is 11.6 Å². The third-order valence-corrected chi connectivity index (χ3v) is 2.62. The van der Waals surface area contributed by atoms with Gasteiger partial charge in [-0.05, 0) is 26.0 Å². The highest BCUT2D eigenvalue weighted by molar-refractivity contribution is 5.93. The van der Waals surface area contributed by atoms with Crippen LogP contribution in [0.15, 0.2) is 24.3 Å². The summed E-state index contributed by atoms with van der Waals surface area (Å²) in [6.45, 7) is 5.43. The first-order valence-electron chi connectivity index (χ1n) is 5.48. The minimum absolute atomic E-state index is 0.0857. The number of hydrogen-bond donors (Lipinski definition) is 2. The van der Waals surface area contributed by atoms with Crippen molar-refractivity contribution in [3.63, 3.8) is 0 Å². The summed E-state index contributed by atoms with van der Waals surface area (Å²) < 4.78 is 0. The smallest absolute Gasteiger partial charge is 0.221 e. The monoisotopic (exact) mass is 229 g/mol. The van der Waals surface area contributed by atoms with Crippen molar-refractivity contribution in [1.29, 1.82) is 0 Å². The van der Waals surface area contributed by atoms with Crippen LogP contribution in [0.5, 0.6) is 0 Å². The van der Waals surface area contributed by atoms with Crippen LogP contribution in [-0.2, 0) is 4.79 Å². The molecule has 0 radical (unpaired) electrons. The number of rotatable bonds is 2. The summed E-state index contributed by atoms with van der Waals surface area (Å²) in [4.78, 5) is 18.8. The van der Waals surface area contributed by atoms with Crippen molar-refractivity contribution in [3.8, 4) is 11.4 Å². The van der Waals surface area contributed by atoms with Crippen molar-refractivity contribution in [3.05, 3.63) is 35.7 Å². The van der Waals surface area contributed by atoms with E-state index in [4.69, 9.17) is 0 Å². The van der Waals surface area contributed by atoms with Crippen LogP contribution < -0.4 is 5.32 Å². The molecule has 2 rings (SSSR count). The molecule has 88 valence electrons. The molecule has 0 aliphatic heterocycles. The summed E-state index contributed by atoms with van der Waals surface area (Å²) >= 11 is 0. The zero-order valence-corrected chi connectivity index (χ0v) is 10.2. The first kappa shape index (κ1) is 11.4. The number of hydrogen-bond acceptors (Lipinski definition) is 2. The lowest BCUT2D eigenvalue weighted by molar-refractivity contribution is -0.114. The van der Waals surface area contributed by atoms with Gasteiger partial charge in [-0.15, -0.1) is 0 Å². The van der Waals surface area contributed by atoms with Gasteiger partial charge in [0.25, 0.3) is 0 Å². The Hall–Kier alpha value is -2.10. The fourth-order valence-electron chi connectivity index (χ4n) is 1.66. The highest BCUT2D eigenvalue weighted by Gasteiger charge is 2.10. The SMILES string of the molecule is CC(=O)Nc1ccccc1-c1nc(C)c(C)[nH]1. The van der Waals surface area contributed by atoms with E-state index < -0.39 is 0 Å². The standard InChI is InChI=1S/C13H15N3O/c1-8-9(2)15-13(14-8)11-6-4-5-7-12(11)16-10(3)17/h4-7H,1-3H3,(H,14,15)(H,16,17). The Balaban J connectivity index is 2.47. The molecular formula is C13H15N3O. The highest BCUT2D eigenvalue weighted by Crippen LogP contribution is 2.26. The second-order valence-corrected chi connectivity index (χ2v) is 4.02. The molecule has 0 bridgehead atoms. The Kier molecular flexibility index (Phi) is 2.95. The van der Waals surface area contributed by atoms with Crippen LogP contribution >= 0.6 is 0 Å². The van der Waals surface area contributed by atoms with Gasteiger partial charge in [0.2, 0.25) is 5.91 Å². The van der Waals surface area contributed by atoms with Gasteiger partial charge in [0, 0.05) is 18.2 Å². The molecule has 4 heteroatoms. The number of carbonyl (C=O) groups excluding carboxylic acids is 1. The van der Waals surface area contributed by atoms with Gasteiger partial charge in [0.05, 0.1) is 11.4 Å². The van der Waals surface area contributed by atoms with Gasteiger partial charge in [-0.25, -0.2) is 4.98 Å². The van der Waals surface area contributed by atoms with Crippen LogP contribution in [0.1, 0.15) is 18.3 Å². The molecule has 0 aliphatic rings. The third-order valence-electron chi connectivity index (χ3n) is 2.62. The first-order valence-corrected chi connectivity index (χ1v) is 5.48. The van der Waals surface area contributed by atoms with E-state index in [0.717, 1.165) is 28.5 Å². The second kappa shape index (κ2) is 4.41. The van der Waals surface area contributed by atoms with E-state index in [-0.39, 0.29) is 5.91 Å². The number of aromatic amines is 1. The molecule has 0 saturated carbocycles. The van der Waals surface area contributed by atoms with E-state index in [1.807, 2.05) is 38.1 Å². The van der Waals surface area contributed by atoms with Crippen LogP contribution in [0.2, 0.25) is 0 Å². The quantitative estimate of drug-likeness (QED) is 0.831. The average molecular weight is 229 g/mol. The molecule has 1 aromatic carbocycles. The fraction of sp³-hybridized carbons (Fsp3) is 0.231. The molecule has 0 spiro atoms. The van der Waals surface area contributed by atoms with Crippen LogP contribution in [-0.4, -0.2) is 15.9 Å². The minimum Gasteiger partial charge on any atom is -0.342 e. The molecule has 2 aromatic rings. The molecule has 0 aliphatic carbocycles. The van der Waals surface area contributed by atoms with E-state index in [1.165, 1.54) is 6.92 Å². The van der Waals surface area contributed by atoms with Crippen molar-refractivity contribution in [2.45, 2.75) is 20.8 Å². The summed E-state index contributed by atoms with van der Waals surface area (Å²) in [6.07, 6.45) is 0. The number of carbonyl (C=O) groups is 1. The molecule has 2 N–H and O–H groups in total. The normalized spacial score (nSPS) is 10.3. The van der Waals surface area contributed by atoms with Gasteiger partial charge in [-0.3, -0.25) is 4.79 Å². The number of H-pyrrole nitrogens is 1. The van der Waals surface area contributed by atoms with Crippen LogP contribution in [0.25, 0.3) is 11.4 Å². The lowest BCUT2D eigenvalue weighted by atomic mass is 10.1. The number of nitrogens with zero attached hydrogens (tertiary/aromatic N) is 1. The maximum Gasteiger partial charge on any atom is 0.221 e. The molecule has 0 unspecified atom stereocenters. The predicted octanol–water partition coefficient (Wildman–Crippen LogP) is 2.65. The maximum atomic E-state index is 11.1. The fourth-order valence-corrected chi connectivity index (χ4v) is 1.66. The molecule has 17 heavy (non-hydrogen) atoms. The second-order valence-electron chi connectivity index (χ2n) is 4.02. The number of aryl methyl sites for hydroxylation is 2. The van der Waals surface area contributed by atoms with Gasteiger partial charge in [-0.1, -0.05) is 12.1 Å². The summed E-state index contributed by atoms with van der Waals surface area (Å²) in [5.41, 5.74) is 3.68. The molecule has 0 fully saturated rings. The number of para-hydroxylation sites is 1. The van der Waals surface area contributed by atoms with Crippen molar-refractivity contribution in [1.82, 2.24) is 9.97 Å². The van der Waals surface area contributed by atoms with Gasteiger partial charge < -0.3 is 10.3 Å². The van der Waals surface area contributed by atoms with E-state index >= 15 is 0 Å². The zero-order chi connectivity index (χ0) is 12.4. The number of anilines is 1. The largest absolute Gasteiger partial charge is 0.342 e. The molecule has 0 atom stereocenters. The lowest BCUT2D eigenvalue weighted by Crippen LogP contribution is -2.07. The Bertz CT molecular complexity index is 538. The maximum absolute atomic E-state index is 11.1. The molecular weight excluding hydrogens is 214 g/mol. The van der Waals surface area contributed by atoms with Crippen molar-refractivity contribution in [2.75, 3.05) is 5.32 Å². The number of benzene rings is 1. The zero-order valence-electron chi connectivity index (χ0n) is 10.2.